The fourth-order valence-corrected chi connectivity index (χ4v) is 3.68. The second kappa shape index (κ2) is 7.92. The highest BCUT2D eigenvalue weighted by Crippen LogP contribution is 2.23. The fourth-order valence-electron chi connectivity index (χ4n) is 2.42. The Morgan fingerprint density at radius 3 is 3.10 bits per heavy atom. The van der Waals surface area contributed by atoms with Crippen molar-refractivity contribution in [3.63, 3.8) is 0 Å². The van der Waals surface area contributed by atoms with Crippen molar-refractivity contribution in [3.8, 4) is 0 Å². The number of hydrogen-bond acceptors (Lipinski definition) is 4. The van der Waals surface area contributed by atoms with Crippen LogP contribution >= 0.6 is 23.4 Å². The Labute approximate surface area is 135 Å². The molecular weight excluding hydrogens is 306 g/mol. The molecule has 0 spiro atoms. The number of halogens is 1. The first kappa shape index (κ1) is 16.5. The highest BCUT2D eigenvalue weighted by Gasteiger charge is 2.16. The smallest absolute Gasteiger partial charge is 0.224 e. The molecule has 1 saturated heterocycles. The molecule has 1 aromatic carbocycles. The molecule has 1 atom stereocenters. The van der Waals surface area contributed by atoms with Crippen LogP contribution in [0.3, 0.4) is 0 Å². The predicted octanol–water partition coefficient (Wildman–Crippen LogP) is 3.08. The maximum atomic E-state index is 11.9. The van der Waals surface area contributed by atoms with E-state index in [1.807, 2.05) is 11.8 Å². The van der Waals surface area contributed by atoms with Crippen molar-refractivity contribution in [3.05, 3.63) is 23.2 Å². The monoisotopic (exact) mass is 327 g/mol. The van der Waals surface area contributed by atoms with Crippen LogP contribution in [0.25, 0.3) is 0 Å². The van der Waals surface area contributed by atoms with Gasteiger partial charge in [-0.2, -0.15) is 11.8 Å². The number of carbonyl (C=O) groups is 1. The first-order valence-electron chi connectivity index (χ1n) is 7.23. The van der Waals surface area contributed by atoms with Gasteiger partial charge in [0.05, 0.1) is 11.4 Å². The molecule has 0 aliphatic carbocycles. The van der Waals surface area contributed by atoms with Crippen LogP contribution < -0.4 is 11.1 Å². The number of nitrogen functional groups attached to an aromatic ring is 1. The molecular formula is C15H22ClN3OS. The van der Waals surface area contributed by atoms with Gasteiger partial charge in [-0.1, -0.05) is 18.5 Å². The number of thioether (sulfide) groups is 1. The highest BCUT2D eigenvalue weighted by molar-refractivity contribution is 7.99. The van der Waals surface area contributed by atoms with Crippen LogP contribution in [-0.2, 0) is 4.79 Å². The number of anilines is 2. The molecule has 1 unspecified atom stereocenters. The van der Waals surface area contributed by atoms with Gasteiger partial charge in [-0.25, -0.2) is 0 Å². The van der Waals surface area contributed by atoms with E-state index in [0.717, 1.165) is 26.1 Å². The summed E-state index contributed by atoms with van der Waals surface area (Å²) in [7, 11) is 0. The zero-order valence-corrected chi connectivity index (χ0v) is 13.8. The van der Waals surface area contributed by atoms with Gasteiger partial charge in [0, 0.05) is 35.5 Å². The first-order chi connectivity index (χ1) is 10.0. The van der Waals surface area contributed by atoms with Crippen molar-refractivity contribution >= 4 is 40.6 Å². The van der Waals surface area contributed by atoms with E-state index < -0.39 is 0 Å². The van der Waals surface area contributed by atoms with E-state index in [1.165, 1.54) is 5.75 Å². The van der Waals surface area contributed by atoms with Crippen LogP contribution in [0.15, 0.2) is 18.2 Å². The molecule has 1 aliphatic heterocycles. The van der Waals surface area contributed by atoms with Crippen molar-refractivity contribution in [2.75, 3.05) is 36.4 Å². The van der Waals surface area contributed by atoms with Gasteiger partial charge in [0.15, 0.2) is 0 Å². The van der Waals surface area contributed by atoms with Gasteiger partial charge in [0.1, 0.15) is 0 Å². The van der Waals surface area contributed by atoms with Gasteiger partial charge in [-0.05, 0) is 31.2 Å². The second-order valence-corrected chi connectivity index (χ2v) is 7.35. The van der Waals surface area contributed by atoms with Crippen LogP contribution in [0, 0.1) is 0 Å². The second-order valence-electron chi connectivity index (χ2n) is 5.37. The Hall–Kier alpha value is -0.910. The molecule has 4 nitrogen and oxygen atoms in total. The Morgan fingerprint density at radius 1 is 1.57 bits per heavy atom. The fraction of sp³-hybridized carbons (Fsp3) is 0.533. The zero-order chi connectivity index (χ0) is 15.2. The van der Waals surface area contributed by atoms with Crippen LogP contribution in [0.1, 0.15) is 19.8 Å². The molecule has 1 fully saturated rings. The van der Waals surface area contributed by atoms with Crippen LogP contribution in [-0.4, -0.2) is 41.4 Å². The number of nitrogens with one attached hydrogen (secondary N) is 1. The lowest BCUT2D eigenvalue weighted by Gasteiger charge is -2.30. The molecule has 6 heteroatoms. The summed E-state index contributed by atoms with van der Waals surface area (Å²) in [5.74, 6) is 1.19. The van der Waals surface area contributed by atoms with E-state index in [0.29, 0.717) is 28.1 Å². The summed E-state index contributed by atoms with van der Waals surface area (Å²) in [4.78, 5) is 14.4. The summed E-state index contributed by atoms with van der Waals surface area (Å²) in [5.41, 5.74) is 6.95. The van der Waals surface area contributed by atoms with Gasteiger partial charge in [-0.3, -0.25) is 4.79 Å². The molecule has 116 valence electrons. The van der Waals surface area contributed by atoms with Crippen LogP contribution in [0.2, 0.25) is 5.02 Å². The molecule has 21 heavy (non-hydrogen) atoms. The van der Waals surface area contributed by atoms with E-state index in [4.69, 9.17) is 17.3 Å². The molecule has 0 aromatic heterocycles. The molecule has 0 saturated carbocycles. The van der Waals surface area contributed by atoms with E-state index in [1.54, 1.807) is 18.2 Å². The molecule has 1 aromatic rings. The van der Waals surface area contributed by atoms with Crippen molar-refractivity contribution in [1.82, 2.24) is 4.90 Å². The number of nitrogens with zero attached hydrogens (tertiary/aromatic N) is 1. The Morgan fingerprint density at radius 2 is 2.38 bits per heavy atom. The Kier molecular flexibility index (Phi) is 6.21. The van der Waals surface area contributed by atoms with Gasteiger partial charge >= 0.3 is 0 Å². The molecule has 1 aliphatic rings. The average Bonchev–Trinajstić information content (AvgIpc) is 2.42. The predicted molar refractivity (Wildman–Crippen MR) is 92.1 cm³/mol. The lowest BCUT2D eigenvalue weighted by Crippen LogP contribution is -2.37. The van der Waals surface area contributed by atoms with E-state index in [2.05, 4.69) is 17.1 Å². The topological polar surface area (TPSA) is 58.4 Å². The number of nitrogens with two attached hydrogens (primary N) is 1. The number of amides is 1. The molecule has 3 N–H and O–H groups in total. The zero-order valence-electron chi connectivity index (χ0n) is 12.3. The standard InChI is InChI=1S/C15H22ClN3OS/c1-11-10-19(7-8-21-11)6-2-3-15(20)18-14-5-4-12(16)9-13(14)17/h4-5,9,11H,2-3,6-8,10,17H2,1H3,(H,18,20). The van der Waals surface area contributed by atoms with Crippen molar-refractivity contribution in [1.29, 1.82) is 0 Å². The largest absolute Gasteiger partial charge is 0.397 e. The summed E-state index contributed by atoms with van der Waals surface area (Å²) >= 11 is 7.86. The Balaban J connectivity index is 1.72. The van der Waals surface area contributed by atoms with Crippen LogP contribution in [0.5, 0.6) is 0 Å². The van der Waals surface area contributed by atoms with Gasteiger partial charge in [0.2, 0.25) is 5.91 Å². The van der Waals surface area contributed by atoms with E-state index in [9.17, 15) is 4.79 Å². The minimum atomic E-state index is 0.00320. The molecule has 2 rings (SSSR count). The SMILES string of the molecule is CC1CN(CCCC(=O)Nc2ccc(Cl)cc2N)CCS1. The number of hydrogen-bond donors (Lipinski definition) is 2. The summed E-state index contributed by atoms with van der Waals surface area (Å²) < 4.78 is 0. The maximum absolute atomic E-state index is 11.9. The van der Waals surface area contributed by atoms with E-state index >= 15 is 0 Å². The third-order valence-electron chi connectivity index (χ3n) is 3.49. The third-order valence-corrected chi connectivity index (χ3v) is 4.86. The summed E-state index contributed by atoms with van der Waals surface area (Å²) in [5, 5.41) is 4.11. The summed E-state index contributed by atoms with van der Waals surface area (Å²) in [6.07, 6.45) is 1.39. The average molecular weight is 328 g/mol. The van der Waals surface area contributed by atoms with Crippen molar-refractivity contribution in [2.24, 2.45) is 0 Å². The lowest BCUT2D eigenvalue weighted by atomic mass is 10.2. The molecule has 1 heterocycles. The van der Waals surface area contributed by atoms with Crippen molar-refractivity contribution in [2.45, 2.75) is 25.0 Å². The lowest BCUT2D eigenvalue weighted by molar-refractivity contribution is -0.116. The van der Waals surface area contributed by atoms with E-state index in [-0.39, 0.29) is 5.91 Å². The maximum Gasteiger partial charge on any atom is 0.224 e. The summed E-state index contributed by atoms with van der Waals surface area (Å²) in [6.45, 7) is 5.48. The van der Waals surface area contributed by atoms with Gasteiger partial charge in [-0.15, -0.1) is 0 Å². The quantitative estimate of drug-likeness (QED) is 0.816. The molecule has 0 bridgehead atoms. The number of carbonyl (C=O) groups excluding carboxylic acids is 1. The summed E-state index contributed by atoms with van der Waals surface area (Å²) in [6, 6.07) is 5.10. The van der Waals surface area contributed by atoms with Crippen molar-refractivity contribution < 1.29 is 4.79 Å². The minimum absolute atomic E-state index is 0.00320. The highest BCUT2D eigenvalue weighted by atomic mass is 35.5. The van der Waals surface area contributed by atoms with Crippen LogP contribution in [0.4, 0.5) is 11.4 Å². The normalized spacial score (nSPS) is 19.4. The first-order valence-corrected chi connectivity index (χ1v) is 8.66. The minimum Gasteiger partial charge on any atom is -0.397 e. The molecule has 1 amide bonds. The number of rotatable bonds is 5. The Bertz CT molecular complexity index is 498. The number of benzene rings is 1. The third kappa shape index (κ3) is 5.41. The van der Waals surface area contributed by atoms with Gasteiger partial charge < -0.3 is 16.0 Å². The molecule has 0 radical (unpaired) electrons. The van der Waals surface area contributed by atoms with Gasteiger partial charge in [0.25, 0.3) is 0 Å².